The number of alkyl halides is 1. The van der Waals surface area contributed by atoms with Gasteiger partial charge in [-0.05, 0) is 39.8 Å². The number of aliphatic hydroxyl groups is 1. The van der Waals surface area contributed by atoms with E-state index in [2.05, 4.69) is 17.0 Å². The average Bonchev–Trinajstić information content (AvgIpc) is 3.01. The van der Waals surface area contributed by atoms with E-state index >= 15 is 0 Å². The summed E-state index contributed by atoms with van der Waals surface area (Å²) < 4.78 is 36.0. The van der Waals surface area contributed by atoms with Crippen molar-refractivity contribution >= 4 is 31.2 Å². The quantitative estimate of drug-likeness (QED) is 0.229. The van der Waals surface area contributed by atoms with Gasteiger partial charge in [0.05, 0.1) is 12.7 Å². The molecular formula is C23H31ClN3O8P. The zero-order valence-electron chi connectivity index (χ0n) is 20.4. The number of aliphatic hydroxyl groups excluding tert-OH is 1. The minimum absolute atomic E-state index is 0.213. The molecule has 3 N–H and O–H groups in total. The number of para-hydroxylation sites is 1. The maximum atomic E-state index is 13.7. The first-order valence-electron chi connectivity index (χ1n) is 11.3. The van der Waals surface area contributed by atoms with E-state index in [4.69, 9.17) is 30.1 Å². The lowest BCUT2D eigenvalue weighted by atomic mass is 10.0. The van der Waals surface area contributed by atoms with Gasteiger partial charge < -0.3 is 29.3 Å². The molecule has 6 atom stereocenters. The van der Waals surface area contributed by atoms with E-state index in [0.29, 0.717) is 0 Å². The Balaban J connectivity index is 1.76. The maximum Gasteiger partial charge on any atom is 0.459 e. The fraction of sp³-hybridized carbons (Fsp3) is 0.478. The van der Waals surface area contributed by atoms with Gasteiger partial charge in [0.25, 0.3) is 5.91 Å². The van der Waals surface area contributed by atoms with Crippen molar-refractivity contribution in [3.63, 3.8) is 0 Å². The predicted octanol–water partition coefficient (Wildman–Crippen LogP) is 2.62. The highest BCUT2D eigenvalue weighted by Crippen LogP contribution is 2.47. The molecule has 0 aliphatic carbocycles. The molecule has 2 aliphatic heterocycles. The summed E-state index contributed by atoms with van der Waals surface area (Å²) in [6.07, 6.45) is -0.907. The third-order valence-electron chi connectivity index (χ3n) is 5.37. The van der Waals surface area contributed by atoms with E-state index < -0.39 is 49.7 Å². The van der Waals surface area contributed by atoms with Gasteiger partial charge in [-0.2, -0.15) is 5.09 Å². The molecule has 1 aromatic carbocycles. The number of carbonyl (C=O) groups is 2. The second kappa shape index (κ2) is 11.3. The summed E-state index contributed by atoms with van der Waals surface area (Å²) in [7, 11) is -4.17. The third-order valence-corrected chi connectivity index (χ3v) is 7.42. The molecule has 0 unspecified atom stereocenters. The van der Waals surface area contributed by atoms with Crippen molar-refractivity contribution in [3.8, 4) is 5.75 Å². The molecule has 0 spiro atoms. The highest BCUT2D eigenvalue weighted by Gasteiger charge is 2.55. The molecule has 2 heterocycles. The van der Waals surface area contributed by atoms with E-state index in [1.54, 1.807) is 51.1 Å². The van der Waals surface area contributed by atoms with Crippen molar-refractivity contribution in [2.45, 2.75) is 63.2 Å². The van der Waals surface area contributed by atoms with E-state index in [9.17, 15) is 19.3 Å². The lowest BCUT2D eigenvalue weighted by molar-refractivity contribution is -0.149. The molecular weight excluding hydrogens is 513 g/mol. The van der Waals surface area contributed by atoms with E-state index in [1.165, 1.54) is 24.1 Å². The molecule has 0 saturated carbocycles. The topological polar surface area (TPSA) is 136 Å². The highest BCUT2D eigenvalue weighted by atomic mass is 35.5. The average molecular weight is 544 g/mol. The van der Waals surface area contributed by atoms with Gasteiger partial charge in [0.15, 0.2) is 6.23 Å². The number of carbonyl (C=O) groups excluding carboxylic acids is 2. The molecule has 0 aromatic heterocycles. The van der Waals surface area contributed by atoms with Gasteiger partial charge in [-0.3, -0.25) is 14.1 Å². The second-order valence-electron chi connectivity index (χ2n) is 8.82. The fourth-order valence-corrected chi connectivity index (χ4v) is 5.36. The van der Waals surface area contributed by atoms with Crippen LogP contribution in [0.3, 0.4) is 0 Å². The molecule has 0 radical (unpaired) electrons. The Morgan fingerprint density at radius 3 is 2.64 bits per heavy atom. The lowest BCUT2D eigenvalue weighted by Crippen LogP contribution is -2.50. The van der Waals surface area contributed by atoms with E-state index in [-0.39, 0.29) is 23.6 Å². The van der Waals surface area contributed by atoms with Gasteiger partial charge in [-0.25, -0.2) is 4.57 Å². The standard InChI is InChI=1S/C23H31ClN3O8P/c1-14(2)33-21(30)15(3)26-36(31,35-17-9-7-6-8-10-17)32-13-18-20(29)23(5,24)22(34-18)27-12-11-19(28)25-16(27)4/h6-12,14-15,18,20,22,29H,4,13H2,1-3,5H3,(H,25,28)(H,26,31)/t15-,18+,20+,22+,23+,36-/m0/s1. The number of ether oxygens (including phenoxy) is 2. The van der Waals surface area contributed by atoms with Gasteiger partial charge in [0, 0.05) is 12.3 Å². The lowest BCUT2D eigenvalue weighted by Gasteiger charge is -2.36. The predicted molar refractivity (Wildman–Crippen MR) is 132 cm³/mol. The Labute approximate surface area is 214 Å². The normalized spacial score (nSPS) is 28.5. The summed E-state index contributed by atoms with van der Waals surface area (Å²) in [6, 6.07) is 7.23. The van der Waals surface area contributed by atoms with Crippen LogP contribution in [0.5, 0.6) is 5.75 Å². The van der Waals surface area contributed by atoms with Gasteiger partial charge in [0.2, 0.25) is 0 Å². The first-order valence-corrected chi connectivity index (χ1v) is 13.2. The molecule has 1 saturated heterocycles. The minimum Gasteiger partial charge on any atom is -0.462 e. The van der Waals surface area contributed by atoms with Crippen LogP contribution < -0.4 is 14.9 Å². The van der Waals surface area contributed by atoms with Gasteiger partial charge in [-0.15, -0.1) is 11.6 Å². The van der Waals surface area contributed by atoms with Crippen LogP contribution in [0.25, 0.3) is 0 Å². The number of halogens is 1. The van der Waals surface area contributed by atoms with Gasteiger partial charge >= 0.3 is 13.7 Å². The number of nitrogens with one attached hydrogen (secondary N) is 2. The SMILES string of the molecule is C=C1NC(=O)C=CN1[C@@H]1O[C@H](CO[P@@](=O)(N[C@@H](C)C(=O)OC(C)C)Oc2ccccc2)[C@@H](O)[C@@]1(C)Cl. The van der Waals surface area contributed by atoms with Crippen LogP contribution >= 0.6 is 19.3 Å². The number of esters is 1. The molecule has 13 heteroatoms. The summed E-state index contributed by atoms with van der Waals surface area (Å²) in [5.74, 6) is -0.559. The highest BCUT2D eigenvalue weighted by molar-refractivity contribution is 7.52. The number of hydrogen-bond donors (Lipinski definition) is 3. The van der Waals surface area contributed by atoms with Crippen molar-refractivity contribution in [2.75, 3.05) is 6.61 Å². The van der Waals surface area contributed by atoms with Crippen molar-refractivity contribution in [1.29, 1.82) is 0 Å². The number of benzene rings is 1. The first kappa shape index (κ1) is 28.2. The van der Waals surface area contributed by atoms with Crippen molar-refractivity contribution < 1.29 is 37.8 Å². The Morgan fingerprint density at radius 2 is 2.03 bits per heavy atom. The number of hydrogen-bond acceptors (Lipinski definition) is 9. The number of amides is 1. The third kappa shape index (κ3) is 6.67. The summed E-state index contributed by atoms with van der Waals surface area (Å²) >= 11 is 6.63. The largest absolute Gasteiger partial charge is 0.462 e. The summed E-state index contributed by atoms with van der Waals surface area (Å²) in [5, 5.41) is 16.0. The van der Waals surface area contributed by atoms with E-state index in [1.807, 2.05) is 0 Å². The molecule has 0 bridgehead atoms. The fourth-order valence-electron chi connectivity index (χ4n) is 3.56. The van der Waals surface area contributed by atoms with Gasteiger partial charge in [-0.1, -0.05) is 24.8 Å². The Bertz CT molecular complexity index is 1050. The molecule has 1 amide bonds. The van der Waals surface area contributed by atoms with Crippen LogP contribution in [0.4, 0.5) is 0 Å². The molecule has 11 nitrogen and oxygen atoms in total. The van der Waals surface area contributed by atoms with Crippen LogP contribution in [0.1, 0.15) is 27.7 Å². The van der Waals surface area contributed by atoms with Crippen molar-refractivity contribution in [1.82, 2.24) is 15.3 Å². The number of rotatable bonds is 10. The molecule has 3 rings (SSSR count). The van der Waals surface area contributed by atoms with E-state index in [0.717, 1.165) is 0 Å². The van der Waals surface area contributed by atoms with Crippen LogP contribution in [-0.2, 0) is 28.2 Å². The zero-order valence-corrected chi connectivity index (χ0v) is 22.1. The molecule has 1 aromatic rings. The van der Waals surface area contributed by atoms with Crippen LogP contribution in [0, 0.1) is 0 Å². The van der Waals surface area contributed by atoms with Crippen molar-refractivity contribution in [2.24, 2.45) is 0 Å². The summed E-state index contributed by atoms with van der Waals surface area (Å²) in [6.45, 7) is 9.78. The minimum atomic E-state index is -4.17. The molecule has 2 aliphatic rings. The number of nitrogens with zero attached hydrogens (tertiary/aromatic N) is 1. The summed E-state index contributed by atoms with van der Waals surface area (Å²) in [4.78, 5) is 24.0. The van der Waals surface area contributed by atoms with Crippen molar-refractivity contribution in [3.05, 3.63) is 55.0 Å². The van der Waals surface area contributed by atoms with Gasteiger partial charge in [0.1, 0.15) is 34.7 Å². The van der Waals surface area contributed by atoms with Crippen LogP contribution in [0.2, 0.25) is 0 Å². The second-order valence-corrected chi connectivity index (χ2v) is 11.3. The summed E-state index contributed by atoms with van der Waals surface area (Å²) in [5.41, 5.74) is 0. The molecule has 1 fully saturated rings. The Hall–Kier alpha value is -2.40. The first-order chi connectivity index (χ1) is 16.8. The Kier molecular flexibility index (Phi) is 8.87. The smallest absolute Gasteiger partial charge is 0.459 e. The molecule has 36 heavy (non-hydrogen) atoms. The molecule has 198 valence electrons. The monoisotopic (exact) mass is 543 g/mol. The maximum absolute atomic E-state index is 13.7. The van der Waals surface area contributed by atoms with Crippen LogP contribution in [0.15, 0.2) is 55.0 Å². The Morgan fingerprint density at radius 1 is 1.36 bits per heavy atom. The zero-order chi connectivity index (χ0) is 26.7. The van der Waals surface area contributed by atoms with Crippen LogP contribution in [-0.4, -0.2) is 63.9 Å².